The molecule has 0 bridgehead atoms. The van der Waals surface area contributed by atoms with E-state index >= 15 is 0 Å². The summed E-state index contributed by atoms with van der Waals surface area (Å²) in [5.74, 6) is 0. The maximum Gasteiger partial charge on any atom is 0.0277 e. The van der Waals surface area contributed by atoms with E-state index in [9.17, 15) is 0 Å². The van der Waals surface area contributed by atoms with Crippen LogP contribution in [0.4, 0.5) is 0 Å². The summed E-state index contributed by atoms with van der Waals surface area (Å²) >= 11 is 3.50. The van der Waals surface area contributed by atoms with Crippen molar-refractivity contribution in [3.05, 3.63) is 33.8 Å². The van der Waals surface area contributed by atoms with E-state index in [1.165, 1.54) is 11.1 Å². The molecule has 1 atom stereocenters. The summed E-state index contributed by atoms with van der Waals surface area (Å²) in [5, 5.41) is 0. The maximum absolute atomic E-state index is 5.75. The van der Waals surface area contributed by atoms with Crippen LogP contribution in [0.3, 0.4) is 0 Å². The van der Waals surface area contributed by atoms with Gasteiger partial charge in [-0.05, 0) is 25.0 Å². The molecule has 1 aromatic carbocycles. The van der Waals surface area contributed by atoms with Crippen molar-refractivity contribution < 1.29 is 0 Å². The van der Waals surface area contributed by atoms with Gasteiger partial charge in [-0.2, -0.15) is 0 Å². The molecule has 1 unspecified atom stereocenters. The highest BCUT2D eigenvalue weighted by atomic mass is 79.9. The lowest BCUT2D eigenvalue weighted by Crippen LogP contribution is -2.05. The largest absolute Gasteiger partial charge is 0.324 e. The smallest absolute Gasteiger partial charge is 0.0277 e. The van der Waals surface area contributed by atoms with E-state index in [1.54, 1.807) is 0 Å². The van der Waals surface area contributed by atoms with E-state index in [-0.39, 0.29) is 18.4 Å². The Morgan fingerprint density at radius 2 is 2.00 bits per heavy atom. The lowest BCUT2D eigenvalue weighted by Gasteiger charge is -2.09. The molecule has 0 aliphatic heterocycles. The molecule has 0 saturated carbocycles. The van der Waals surface area contributed by atoms with E-state index in [4.69, 9.17) is 5.73 Å². The van der Waals surface area contributed by atoms with Crippen LogP contribution in [0.25, 0.3) is 0 Å². The summed E-state index contributed by atoms with van der Waals surface area (Å²) in [6.45, 7) is 4.05. The van der Waals surface area contributed by atoms with Gasteiger partial charge < -0.3 is 5.73 Å². The van der Waals surface area contributed by atoms with E-state index < -0.39 is 0 Å². The number of rotatable bonds is 1. The van der Waals surface area contributed by atoms with Gasteiger partial charge in [0.25, 0.3) is 0 Å². The van der Waals surface area contributed by atoms with E-state index in [1.807, 2.05) is 19.1 Å². The van der Waals surface area contributed by atoms with Crippen LogP contribution in [0.1, 0.15) is 24.1 Å². The predicted molar refractivity (Wildman–Crippen MR) is 58.7 cm³/mol. The zero-order valence-electron chi connectivity index (χ0n) is 7.17. The first kappa shape index (κ1) is 11.9. The Morgan fingerprint density at radius 3 is 2.42 bits per heavy atom. The van der Waals surface area contributed by atoms with Gasteiger partial charge in [0.05, 0.1) is 0 Å². The fourth-order valence-electron chi connectivity index (χ4n) is 1.02. The van der Waals surface area contributed by atoms with Crippen molar-refractivity contribution in [1.82, 2.24) is 0 Å². The Labute approximate surface area is 87.9 Å². The van der Waals surface area contributed by atoms with Crippen molar-refractivity contribution in [3.63, 3.8) is 0 Å². The summed E-state index contributed by atoms with van der Waals surface area (Å²) in [6, 6.07) is 6.24. The van der Waals surface area contributed by atoms with Gasteiger partial charge in [-0.3, -0.25) is 0 Å². The number of nitrogens with two attached hydrogens (primary N) is 1. The zero-order valence-corrected chi connectivity index (χ0v) is 9.58. The van der Waals surface area contributed by atoms with E-state index in [0.717, 1.165) is 4.47 Å². The molecule has 0 saturated heterocycles. The molecule has 0 fully saturated rings. The van der Waals surface area contributed by atoms with Crippen molar-refractivity contribution in [2.24, 2.45) is 5.73 Å². The molecule has 1 nitrogen and oxygen atoms in total. The average molecular weight is 251 g/mol. The van der Waals surface area contributed by atoms with E-state index in [0.29, 0.717) is 0 Å². The lowest BCUT2D eigenvalue weighted by molar-refractivity contribution is 0.811. The molecule has 68 valence electrons. The monoisotopic (exact) mass is 249 g/mol. The molecule has 0 spiro atoms. The van der Waals surface area contributed by atoms with Gasteiger partial charge in [0.2, 0.25) is 0 Å². The highest BCUT2D eigenvalue weighted by Gasteiger charge is 2.04. The van der Waals surface area contributed by atoms with Crippen LogP contribution in [0.15, 0.2) is 22.7 Å². The Morgan fingerprint density at radius 1 is 1.42 bits per heavy atom. The third-order valence-electron chi connectivity index (χ3n) is 1.71. The standard InChI is InChI=1S/C9H12BrN.ClH/c1-6-4-3-5-8(7(2)11)9(6)10;/h3-5,7H,11H2,1-2H3;1H. The Balaban J connectivity index is 0.00000121. The second kappa shape index (κ2) is 4.85. The average Bonchev–Trinajstić information content (AvgIpc) is 1.94. The van der Waals surface area contributed by atoms with E-state index in [2.05, 4.69) is 28.9 Å². The molecule has 0 aromatic heterocycles. The van der Waals surface area contributed by atoms with Crippen LogP contribution in [0.2, 0.25) is 0 Å². The summed E-state index contributed by atoms with van der Waals surface area (Å²) in [5.41, 5.74) is 8.16. The van der Waals surface area contributed by atoms with Gasteiger partial charge in [0.15, 0.2) is 0 Å². The molecule has 12 heavy (non-hydrogen) atoms. The quantitative estimate of drug-likeness (QED) is 0.814. The SMILES string of the molecule is Cc1cccc(C(C)N)c1Br.Cl. The first-order valence-electron chi connectivity index (χ1n) is 3.63. The van der Waals surface area contributed by atoms with Gasteiger partial charge >= 0.3 is 0 Å². The molecule has 0 aliphatic carbocycles. The molecule has 0 radical (unpaired) electrons. The van der Waals surface area contributed by atoms with Gasteiger partial charge in [-0.15, -0.1) is 12.4 Å². The second-order valence-electron chi connectivity index (χ2n) is 2.77. The fourth-order valence-corrected chi connectivity index (χ4v) is 1.65. The van der Waals surface area contributed by atoms with Gasteiger partial charge in [0.1, 0.15) is 0 Å². The molecule has 0 aliphatic rings. The van der Waals surface area contributed by atoms with Crippen molar-refractivity contribution >= 4 is 28.3 Å². The van der Waals surface area contributed by atoms with Gasteiger partial charge in [0, 0.05) is 10.5 Å². The second-order valence-corrected chi connectivity index (χ2v) is 3.56. The van der Waals surface area contributed by atoms with Crippen LogP contribution < -0.4 is 5.73 Å². The minimum atomic E-state index is 0. The van der Waals surface area contributed by atoms with Crippen LogP contribution in [-0.4, -0.2) is 0 Å². The number of hydrogen-bond acceptors (Lipinski definition) is 1. The summed E-state index contributed by atoms with van der Waals surface area (Å²) < 4.78 is 1.13. The third-order valence-corrected chi connectivity index (χ3v) is 2.80. The first-order valence-corrected chi connectivity index (χ1v) is 4.43. The van der Waals surface area contributed by atoms with Crippen LogP contribution in [-0.2, 0) is 0 Å². The summed E-state index contributed by atoms with van der Waals surface area (Å²) in [6.07, 6.45) is 0. The van der Waals surface area contributed by atoms with Gasteiger partial charge in [-0.25, -0.2) is 0 Å². The Bertz CT molecular complexity index is 261. The predicted octanol–water partition coefficient (Wildman–Crippen LogP) is 3.20. The van der Waals surface area contributed by atoms with Crippen LogP contribution in [0.5, 0.6) is 0 Å². The summed E-state index contributed by atoms with van der Waals surface area (Å²) in [4.78, 5) is 0. The molecule has 1 aromatic rings. The van der Waals surface area contributed by atoms with Crippen molar-refractivity contribution in [2.45, 2.75) is 19.9 Å². The molecule has 3 heteroatoms. The Hall–Kier alpha value is -0.0500. The summed E-state index contributed by atoms with van der Waals surface area (Å²) in [7, 11) is 0. The first-order chi connectivity index (χ1) is 5.13. The molecular weight excluding hydrogens is 237 g/mol. The molecule has 0 amide bonds. The van der Waals surface area contributed by atoms with Crippen LogP contribution >= 0.6 is 28.3 Å². The minimum Gasteiger partial charge on any atom is -0.324 e. The van der Waals surface area contributed by atoms with Crippen molar-refractivity contribution in [2.75, 3.05) is 0 Å². The van der Waals surface area contributed by atoms with Crippen molar-refractivity contribution in [3.8, 4) is 0 Å². The van der Waals surface area contributed by atoms with Gasteiger partial charge in [-0.1, -0.05) is 34.1 Å². The highest BCUT2D eigenvalue weighted by molar-refractivity contribution is 9.10. The highest BCUT2D eigenvalue weighted by Crippen LogP contribution is 2.24. The van der Waals surface area contributed by atoms with Crippen LogP contribution in [0, 0.1) is 6.92 Å². The topological polar surface area (TPSA) is 26.0 Å². The fraction of sp³-hybridized carbons (Fsp3) is 0.333. The third kappa shape index (κ3) is 2.47. The minimum absolute atomic E-state index is 0. The number of benzene rings is 1. The molecule has 0 heterocycles. The normalized spacial score (nSPS) is 12.0. The number of hydrogen-bond donors (Lipinski definition) is 1. The number of halogens is 2. The zero-order chi connectivity index (χ0) is 8.43. The number of aryl methyl sites for hydroxylation is 1. The maximum atomic E-state index is 5.75. The molecule has 1 rings (SSSR count). The van der Waals surface area contributed by atoms with Crippen molar-refractivity contribution in [1.29, 1.82) is 0 Å². The molecular formula is C9H13BrClN. The molecule has 2 N–H and O–H groups in total. The Kier molecular flexibility index (Phi) is 4.83. The lowest BCUT2D eigenvalue weighted by atomic mass is 10.1.